The highest BCUT2D eigenvalue weighted by Crippen LogP contribution is 2.39. The molecule has 2 aromatic carbocycles. The van der Waals surface area contributed by atoms with Gasteiger partial charge in [-0.25, -0.2) is 9.37 Å². The van der Waals surface area contributed by atoms with Gasteiger partial charge < -0.3 is 14.0 Å². The molecule has 1 fully saturated rings. The molecule has 8 nitrogen and oxygen atoms in total. The van der Waals surface area contributed by atoms with E-state index in [4.69, 9.17) is 21.1 Å². The lowest BCUT2D eigenvalue weighted by atomic mass is 9.96. The molecule has 1 unspecified atom stereocenters. The molecule has 0 radical (unpaired) electrons. The second kappa shape index (κ2) is 10.2. The summed E-state index contributed by atoms with van der Waals surface area (Å²) in [5.74, 6) is 1.43. The van der Waals surface area contributed by atoms with Gasteiger partial charge in [-0.05, 0) is 65.9 Å². The minimum atomic E-state index is -1.17. The van der Waals surface area contributed by atoms with Crippen molar-refractivity contribution in [2.24, 2.45) is 28.4 Å². The first-order valence-corrected chi connectivity index (χ1v) is 13.0. The fourth-order valence-corrected chi connectivity index (χ4v) is 4.95. The molecular weight excluding hydrogens is 519 g/mol. The van der Waals surface area contributed by atoms with Gasteiger partial charge in [0.05, 0.1) is 31.4 Å². The van der Waals surface area contributed by atoms with Crippen LogP contribution in [-0.2, 0) is 13.5 Å². The fraction of sp³-hybridized carbons (Fsp3) is 0.276. The first kappa shape index (κ1) is 25.2. The van der Waals surface area contributed by atoms with Gasteiger partial charge >= 0.3 is 0 Å². The first-order valence-electron chi connectivity index (χ1n) is 12.7. The zero-order valence-electron chi connectivity index (χ0n) is 21.5. The molecule has 0 saturated heterocycles. The summed E-state index contributed by atoms with van der Waals surface area (Å²) in [6.07, 6.45) is 6.07. The van der Waals surface area contributed by atoms with Gasteiger partial charge in [0, 0.05) is 36.9 Å². The van der Waals surface area contributed by atoms with Gasteiger partial charge in [0.2, 0.25) is 5.00 Å². The molecular formula is C29H26ClFN6O2. The molecule has 2 aliphatic rings. The number of ether oxygens (including phenoxy) is 2. The van der Waals surface area contributed by atoms with Crippen LogP contribution in [0, 0.1) is 11.7 Å². The Morgan fingerprint density at radius 1 is 1.08 bits per heavy atom. The van der Waals surface area contributed by atoms with E-state index >= 15 is 0 Å². The molecule has 1 atom stereocenters. The third-order valence-electron chi connectivity index (χ3n) is 6.89. The second-order valence-corrected chi connectivity index (χ2v) is 10.4. The maximum absolute atomic E-state index is 14.2. The highest BCUT2D eigenvalue weighted by atomic mass is 35.5. The number of pyridine rings is 1. The number of alkyl halides is 1. The Morgan fingerprint density at radius 3 is 2.67 bits per heavy atom. The Kier molecular flexibility index (Phi) is 6.60. The lowest BCUT2D eigenvalue weighted by Gasteiger charge is -2.19. The van der Waals surface area contributed by atoms with Crippen molar-refractivity contribution in [3.05, 3.63) is 84.1 Å². The topological polar surface area (TPSA) is 86.3 Å². The van der Waals surface area contributed by atoms with E-state index in [-0.39, 0.29) is 5.82 Å². The van der Waals surface area contributed by atoms with Crippen molar-refractivity contribution in [3.8, 4) is 34.1 Å². The zero-order valence-corrected chi connectivity index (χ0v) is 22.3. The lowest BCUT2D eigenvalue weighted by Crippen LogP contribution is -2.31. The smallest absolute Gasteiger partial charge is 0.204 e. The molecule has 198 valence electrons. The minimum absolute atomic E-state index is 0.351. The summed E-state index contributed by atoms with van der Waals surface area (Å²) in [5.41, 5.74) is 4.97. The first-order chi connectivity index (χ1) is 18.9. The van der Waals surface area contributed by atoms with Gasteiger partial charge in [-0.15, -0.1) is 10.2 Å². The number of aromatic nitrogens is 3. The van der Waals surface area contributed by atoms with Gasteiger partial charge in [0.1, 0.15) is 28.7 Å². The van der Waals surface area contributed by atoms with Crippen LogP contribution in [0.4, 0.5) is 4.39 Å². The summed E-state index contributed by atoms with van der Waals surface area (Å²) in [5, 5.41) is 12.5. The third-order valence-corrected chi connectivity index (χ3v) is 7.28. The number of halogens is 2. The van der Waals surface area contributed by atoms with Crippen molar-refractivity contribution in [3.63, 3.8) is 0 Å². The number of hydrogen-bond acceptors (Lipinski definition) is 7. The van der Waals surface area contributed by atoms with Crippen LogP contribution in [0.25, 0.3) is 22.6 Å². The average Bonchev–Trinajstić information content (AvgIpc) is 3.59. The molecule has 1 aliphatic carbocycles. The Balaban J connectivity index is 1.33. The van der Waals surface area contributed by atoms with Crippen molar-refractivity contribution in [2.75, 3.05) is 13.7 Å². The summed E-state index contributed by atoms with van der Waals surface area (Å²) >= 11 is 7.00. The maximum Gasteiger partial charge on any atom is 0.204 e. The van der Waals surface area contributed by atoms with E-state index in [1.807, 2.05) is 48.0 Å². The van der Waals surface area contributed by atoms with E-state index in [1.54, 1.807) is 25.7 Å². The number of imidazole rings is 1. The minimum Gasteiger partial charge on any atom is -0.497 e. The van der Waals surface area contributed by atoms with Crippen molar-refractivity contribution >= 4 is 17.3 Å². The quantitative estimate of drug-likeness (QED) is 0.179. The summed E-state index contributed by atoms with van der Waals surface area (Å²) in [6, 6.07) is 15.9. The van der Waals surface area contributed by atoms with E-state index in [0.717, 1.165) is 41.0 Å². The molecule has 0 N–H and O–H groups in total. The molecule has 1 saturated carbocycles. The van der Waals surface area contributed by atoms with Gasteiger partial charge in [0.25, 0.3) is 0 Å². The number of methoxy groups -OCH3 is 1. The summed E-state index contributed by atoms with van der Waals surface area (Å²) in [4.78, 5) is 8.07. The predicted molar refractivity (Wildman–Crippen MR) is 147 cm³/mol. The Labute approximate surface area is 230 Å². The number of nitrogens with zero attached hydrogens (tertiary/aromatic N) is 6. The molecule has 3 heterocycles. The van der Waals surface area contributed by atoms with Crippen LogP contribution in [0.15, 0.2) is 82.6 Å². The van der Waals surface area contributed by atoms with Crippen molar-refractivity contribution in [2.45, 2.75) is 24.3 Å². The number of benzene rings is 2. The van der Waals surface area contributed by atoms with Crippen LogP contribution in [0.5, 0.6) is 11.5 Å². The fourth-order valence-electron chi connectivity index (χ4n) is 4.62. The Hall–Kier alpha value is -4.11. The molecule has 4 aromatic rings. The maximum atomic E-state index is 14.2. The van der Waals surface area contributed by atoms with Crippen molar-refractivity contribution in [1.82, 2.24) is 14.5 Å². The van der Waals surface area contributed by atoms with E-state index < -0.39 is 5.00 Å². The molecule has 10 heteroatoms. The van der Waals surface area contributed by atoms with Gasteiger partial charge in [-0.3, -0.25) is 4.98 Å². The molecule has 39 heavy (non-hydrogen) atoms. The highest BCUT2D eigenvalue weighted by molar-refractivity contribution is 6.39. The van der Waals surface area contributed by atoms with Gasteiger partial charge in [0.15, 0.2) is 0 Å². The van der Waals surface area contributed by atoms with Gasteiger partial charge in [-0.2, -0.15) is 0 Å². The standard InChI is InChI=1S/C29H26ClFN6O2/c1-37-17-33-26(27(37)23-10-7-21(31)14-25(23)39-16-19-3-4-19)24-13-20(11-12-32-24)28-29(30,35-36-34-28)15-18-5-8-22(38-2)9-6-18/h5-14,17,19H,3-4,15-16H2,1-2H3. The van der Waals surface area contributed by atoms with Crippen LogP contribution in [-0.4, -0.2) is 39.0 Å². The van der Waals surface area contributed by atoms with Crippen LogP contribution in [0.2, 0.25) is 0 Å². The summed E-state index contributed by atoms with van der Waals surface area (Å²) in [7, 11) is 3.52. The Bertz CT molecular complexity index is 1580. The molecule has 1 aliphatic heterocycles. The number of rotatable bonds is 9. The third kappa shape index (κ3) is 5.14. The summed E-state index contributed by atoms with van der Waals surface area (Å²) < 4.78 is 27.4. The largest absolute Gasteiger partial charge is 0.497 e. The normalized spacial score (nSPS) is 18.3. The Morgan fingerprint density at radius 2 is 1.90 bits per heavy atom. The van der Waals surface area contributed by atoms with Crippen LogP contribution in [0.3, 0.4) is 0 Å². The molecule has 2 aromatic heterocycles. The molecule has 0 bridgehead atoms. The van der Waals surface area contributed by atoms with Crippen LogP contribution in [0.1, 0.15) is 24.0 Å². The summed E-state index contributed by atoms with van der Waals surface area (Å²) in [6.45, 7) is 0.566. The molecule has 0 spiro atoms. The van der Waals surface area contributed by atoms with Crippen LogP contribution < -0.4 is 9.47 Å². The van der Waals surface area contributed by atoms with Gasteiger partial charge in [-0.1, -0.05) is 23.7 Å². The van der Waals surface area contributed by atoms with Crippen molar-refractivity contribution < 1.29 is 13.9 Å². The highest BCUT2D eigenvalue weighted by Gasteiger charge is 2.39. The lowest BCUT2D eigenvalue weighted by molar-refractivity contribution is 0.299. The molecule has 0 amide bonds. The van der Waals surface area contributed by atoms with E-state index in [0.29, 0.717) is 41.8 Å². The predicted octanol–water partition coefficient (Wildman–Crippen LogP) is 6.43. The van der Waals surface area contributed by atoms with E-state index in [2.05, 4.69) is 25.4 Å². The van der Waals surface area contributed by atoms with E-state index in [9.17, 15) is 4.39 Å². The number of aryl methyl sites for hydroxylation is 1. The molecule has 6 rings (SSSR count). The van der Waals surface area contributed by atoms with Crippen LogP contribution >= 0.6 is 11.6 Å². The van der Waals surface area contributed by atoms with E-state index in [1.165, 1.54) is 12.1 Å². The monoisotopic (exact) mass is 544 g/mol. The number of hydrogen-bond donors (Lipinski definition) is 0. The zero-order chi connectivity index (χ0) is 27.0. The SMILES string of the molecule is COc1ccc(CC2(Cl)N=NN=C2c2ccnc(-c3ncn(C)c3-c3ccc(F)cc3OCC3CC3)c2)cc1. The van der Waals surface area contributed by atoms with Crippen molar-refractivity contribution in [1.29, 1.82) is 0 Å². The average molecular weight is 545 g/mol. The second-order valence-electron chi connectivity index (χ2n) is 9.80.